The Morgan fingerprint density at radius 2 is 1.70 bits per heavy atom. The van der Waals surface area contributed by atoms with Crippen LogP contribution >= 0.6 is 11.6 Å². The molecule has 2 aromatic heterocycles. The average Bonchev–Trinajstić information content (AvgIpc) is 2.73. The molecule has 0 radical (unpaired) electrons. The van der Waals surface area contributed by atoms with E-state index in [2.05, 4.69) is 25.2 Å². The highest BCUT2D eigenvalue weighted by molar-refractivity contribution is 6.30. The number of benzene rings is 1. The average molecular weight is 423 g/mol. The highest BCUT2D eigenvalue weighted by Gasteiger charge is 2.23. The van der Waals surface area contributed by atoms with Crippen LogP contribution in [0.2, 0.25) is 5.02 Å². The monoisotopic (exact) mass is 422 g/mol. The van der Waals surface area contributed by atoms with Gasteiger partial charge in [0.1, 0.15) is 23.3 Å². The third kappa shape index (κ3) is 4.68. The maximum Gasteiger partial charge on any atom is 0.253 e. The molecule has 1 aliphatic heterocycles. The first kappa shape index (κ1) is 20.1. The van der Waals surface area contributed by atoms with Gasteiger partial charge in [0.05, 0.1) is 0 Å². The van der Waals surface area contributed by atoms with E-state index in [0.717, 1.165) is 17.2 Å². The van der Waals surface area contributed by atoms with Crippen LogP contribution in [0.25, 0.3) is 0 Å². The Balaban J connectivity index is 1.43. The number of rotatable bonds is 4. The van der Waals surface area contributed by atoms with E-state index in [4.69, 9.17) is 11.6 Å². The van der Waals surface area contributed by atoms with Crippen molar-refractivity contribution in [3.05, 3.63) is 70.6 Å². The quantitative estimate of drug-likeness (QED) is 0.688. The van der Waals surface area contributed by atoms with Crippen LogP contribution in [0.3, 0.4) is 0 Å². The van der Waals surface area contributed by atoms with Crippen LogP contribution < -0.4 is 10.2 Å². The number of pyridine rings is 1. The lowest BCUT2D eigenvalue weighted by atomic mass is 10.2. The number of hydrogen-bond acceptors (Lipinski definition) is 6. The van der Waals surface area contributed by atoms with Gasteiger partial charge in [0.2, 0.25) is 0 Å². The Bertz CT molecular complexity index is 1050. The van der Waals surface area contributed by atoms with Crippen molar-refractivity contribution in [3.8, 4) is 0 Å². The molecule has 0 spiro atoms. The normalized spacial score (nSPS) is 14.0. The van der Waals surface area contributed by atoms with Crippen LogP contribution in [0.4, 0.5) is 17.5 Å². The summed E-state index contributed by atoms with van der Waals surface area (Å²) in [7, 11) is 0. The van der Waals surface area contributed by atoms with E-state index in [9.17, 15) is 4.79 Å². The number of piperazine rings is 1. The number of aromatic nitrogens is 3. The van der Waals surface area contributed by atoms with Crippen LogP contribution in [-0.4, -0.2) is 51.9 Å². The lowest BCUT2D eigenvalue weighted by Crippen LogP contribution is -2.49. The van der Waals surface area contributed by atoms with Gasteiger partial charge >= 0.3 is 0 Å². The second-order valence-corrected chi connectivity index (χ2v) is 7.72. The fraction of sp³-hybridized carbons (Fsp3) is 0.273. The van der Waals surface area contributed by atoms with E-state index < -0.39 is 0 Å². The van der Waals surface area contributed by atoms with Gasteiger partial charge in [-0.25, -0.2) is 15.0 Å². The van der Waals surface area contributed by atoms with Gasteiger partial charge in [-0.05, 0) is 55.8 Å². The zero-order valence-electron chi connectivity index (χ0n) is 17.0. The highest BCUT2D eigenvalue weighted by Crippen LogP contribution is 2.21. The van der Waals surface area contributed by atoms with Crippen LogP contribution in [-0.2, 0) is 0 Å². The summed E-state index contributed by atoms with van der Waals surface area (Å²) in [5, 5.41) is 3.88. The maximum atomic E-state index is 12.7. The molecule has 1 N–H and O–H groups in total. The summed E-state index contributed by atoms with van der Waals surface area (Å²) >= 11 is 5.92. The van der Waals surface area contributed by atoms with Crippen molar-refractivity contribution in [1.29, 1.82) is 0 Å². The molecule has 0 atom stereocenters. The Morgan fingerprint density at radius 3 is 2.40 bits per heavy atom. The van der Waals surface area contributed by atoms with Gasteiger partial charge in [0.25, 0.3) is 5.91 Å². The predicted octanol–water partition coefficient (Wildman–Crippen LogP) is 3.85. The third-order valence-corrected chi connectivity index (χ3v) is 5.23. The lowest BCUT2D eigenvalue weighted by Gasteiger charge is -2.35. The number of carbonyl (C=O) groups is 1. The van der Waals surface area contributed by atoms with E-state index in [1.54, 1.807) is 30.5 Å². The van der Waals surface area contributed by atoms with Crippen LogP contribution in [0.1, 0.15) is 21.7 Å². The molecule has 3 aromatic rings. The Hall–Kier alpha value is -3.19. The van der Waals surface area contributed by atoms with E-state index in [0.29, 0.717) is 48.4 Å². The maximum absolute atomic E-state index is 12.7. The molecule has 1 amide bonds. The summed E-state index contributed by atoms with van der Waals surface area (Å²) < 4.78 is 0. The van der Waals surface area contributed by atoms with Crippen molar-refractivity contribution in [2.24, 2.45) is 0 Å². The summed E-state index contributed by atoms with van der Waals surface area (Å²) in [5.74, 6) is 3.00. The molecule has 1 aromatic carbocycles. The SMILES string of the molecule is Cc1ccnc(Nc2cc(N3CCN(C(=O)c4ccc(Cl)cc4)CC3)nc(C)n2)c1. The standard InChI is InChI=1S/C22H23ClN6O/c1-15-7-8-24-19(13-15)27-20-14-21(26-16(2)25-20)28-9-11-29(12-10-28)22(30)17-3-5-18(23)6-4-17/h3-8,13-14H,9-12H2,1-2H3,(H,24,25,26,27). The first-order valence-corrected chi connectivity index (χ1v) is 10.2. The van der Waals surface area contributed by atoms with Crippen molar-refractivity contribution in [1.82, 2.24) is 19.9 Å². The van der Waals surface area contributed by atoms with Crippen molar-refractivity contribution in [2.45, 2.75) is 13.8 Å². The van der Waals surface area contributed by atoms with Gasteiger partial charge in [-0.2, -0.15) is 0 Å². The molecular weight excluding hydrogens is 400 g/mol. The van der Waals surface area contributed by atoms with Gasteiger partial charge in [-0.15, -0.1) is 0 Å². The number of hydrogen-bond donors (Lipinski definition) is 1. The largest absolute Gasteiger partial charge is 0.353 e. The Labute approximate surface area is 180 Å². The number of carbonyl (C=O) groups excluding carboxylic acids is 1. The molecule has 7 nitrogen and oxygen atoms in total. The summed E-state index contributed by atoms with van der Waals surface area (Å²) in [6.07, 6.45) is 1.77. The minimum atomic E-state index is 0.0260. The molecule has 30 heavy (non-hydrogen) atoms. The number of nitrogens with one attached hydrogen (secondary N) is 1. The molecule has 0 bridgehead atoms. The summed E-state index contributed by atoms with van der Waals surface area (Å²) in [6, 6.07) is 12.9. The molecule has 1 aliphatic rings. The van der Waals surface area contributed by atoms with Gasteiger partial charge in [0, 0.05) is 49.0 Å². The fourth-order valence-corrected chi connectivity index (χ4v) is 3.55. The topological polar surface area (TPSA) is 74.2 Å². The molecular formula is C22H23ClN6O. The van der Waals surface area contributed by atoms with Gasteiger partial charge in [0.15, 0.2) is 0 Å². The first-order chi connectivity index (χ1) is 14.5. The van der Waals surface area contributed by atoms with E-state index in [1.807, 2.05) is 36.9 Å². The van der Waals surface area contributed by atoms with Crippen molar-refractivity contribution >= 4 is 35.0 Å². The zero-order valence-corrected chi connectivity index (χ0v) is 17.7. The molecule has 0 saturated carbocycles. The number of aryl methyl sites for hydroxylation is 2. The van der Waals surface area contributed by atoms with Gasteiger partial charge < -0.3 is 15.1 Å². The van der Waals surface area contributed by atoms with Crippen LogP contribution in [0, 0.1) is 13.8 Å². The van der Waals surface area contributed by atoms with E-state index >= 15 is 0 Å². The molecule has 154 valence electrons. The smallest absolute Gasteiger partial charge is 0.253 e. The van der Waals surface area contributed by atoms with E-state index in [-0.39, 0.29) is 5.91 Å². The second kappa shape index (κ2) is 8.67. The van der Waals surface area contributed by atoms with Crippen LogP contribution in [0.15, 0.2) is 48.7 Å². The second-order valence-electron chi connectivity index (χ2n) is 7.29. The number of amides is 1. The molecule has 0 unspecified atom stereocenters. The molecule has 3 heterocycles. The summed E-state index contributed by atoms with van der Waals surface area (Å²) in [5.41, 5.74) is 1.78. The molecule has 1 saturated heterocycles. The van der Waals surface area contributed by atoms with Gasteiger partial charge in [-0.3, -0.25) is 4.79 Å². The van der Waals surface area contributed by atoms with Crippen molar-refractivity contribution in [3.63, 3.8) is 0 Å². The predicted molar refractivity (Wildman–Crippen MR) is 119 cm³/mol. The third-order valence-electron chi connectivity index (χ3n) is 4.98. The van der Waals surface area contributed by atoms with Crippen molar-refractivity contribution in [2.75, 3.05) is 36.4 Å². The first-order valence-electron chi connectivity index (χ1n) is 9.83. The number of anilines is 3. The lowest BCUT2D eigenvalue weighted by molar-refractivity contribution is 0.0746. The highest BCUT2D eigenvalue weighted by atomic mass is 35.5. The number of halogens is 1. The minimum Gasteiger partial charge on any atom is -0.353 e. The minimum absolute atomic E-state index is 0.0260. The van der Waals surface area contributed by atoms with Crippen LogP contribution in [0.5, 0.6) is 0 Å². The Morgan fingerprint density at radius 1 is 0.967 bits per heavy atom. The molecule has 1 fully saturated rings. The van der Waals surface area contributed by atoms with Gasteiger partial charge in [-0.1, -0.05) is 11.6 Å². The molecule has 0 aliphatic carbocycles. The zero-order chi connectivity index (χ0) is 21.1. The summed E-state index contributed by atoms with van der Waals surface area (Å²) in [6.45, 7) is 6.57. The summed E-state index contributed by atoms with van der Waals surface area (Å²) in [4.78, 5) is 30.2. The fourth-order valence-electron chi connectivity index (χ4n) is 3.43. The van der Waals surface area contributed by atoms with Crippen molar-refractivity contribution < 1.29 is 4.79 Å². The molecule has 4 rings (SSSR count). The van der Waals surface area contributed by atoms with E-state index in [1.165, 1.54) is 0 Å². The number of nitrogens with zero attached hydrogens (tertiary/aromatic N) is 5. The molecule has 8 heteroatoms. The Kier molecular flexibility index (Phi) is 5.81.